The van der Waals surface area contributed by atoms with E-state index in [9.17, 15) is 18.0 Å². The predicted octanol–water partition coefficient (Wildman–Crippen LogP) is 3.73. The summed E-state index contributed by atoms with van der Waals surface area (Å²) in [6.45, 7) is 7.11. The lowest BCUT2D eigenvalue weighted by molar-refractivity contribution is -0.141. The molecule has 3 aromatic rings. The quantitative estimate of drug-likeness (QED) is 0.502. The van der Waals surface area contributed by atoms with Gasteiger partial charge in [0.25, 0.3) is 0 Å². The molecule has 4 heterocycles. The van der Waals surface area contributed by atoms with Crippen LogP contribution >= 0.6 is 13.5 Å². The molecule has 1 amide bonds. The number of aryl methyl sites for hydroxylation is 1. The van der Waals surface area contributed by atoms with Crippen molar-refractivity contribution in [2.45, 2.75) is 52.5 Å². The molecule has 0 radical (unpaired) electrons. The van der Waals surface area contributed by atoms with Gasteiger partial charge in [-0.3, -0.25) is 14.5 Å². The molecule has 3 aromatic heterocycles. The first-order chi connectivity index (χ1) is 16.2. The maximum absolute atomic E-state index is 12.7. The second-order valence-corrected chi connectivity index (χ2v) is 8.14. The summed E-state index contributed by atoms with van der Waals surface area (Å²) < 4.78 is 39.6. The lowest BCUT2D eigenvalue weighted by Crippen LogP contribution is -2.47. The molecule has 35 heavy (non-hydrogen) atoms. The van der Waals surface area contributed by atoms with E-state index < -0.39 is 11.9 Å². The van der Waals surface area contributed by atoms with Crippen LogP contribution in [0.25, 0.3) is 0 Å². The van der Waals surface area contributed by atoms with E-state index in [2.05, 4.69) is 30.7 Å². The molecule has 0 spiro atoms. The van der Waals surface area contributed by atoms with E-state index in [0.29, 0.717) is 48.3 Å². The fourth-order valence-corrected chi connectivity index (χ4v) is 3.72. The lowest BCUT2D eigenvalue weighted by Gasteiger charge is -2.35. The molecule has 188 valence electrons. The Morgan fingerprint density at radius 3 is 2.60 bits per heavy atom. The number of halogens is 3. The van der Waals surface area contributed by atoms with Crippen LogP contribution in [-0.4, -0.2) is 43.2 Å². The van der Waals surface area contributed by atoms with Gasteiger partial charge in [-0.15, -0.1) is 0 Å². The standard InChI is InChI=1S/C22H25F3N8O.H2S/c1-4-7-33-14(3)20(34)30-18-13(2)29-21(31-19(18)33)27-9-16-10-28-32(12-16)11-15-5-6-17(26-8-15)22(23,24)25;/h5-6,8,10,12,14H,4,7,9,11H2,1-3H3,(H,30,34)(H,27,29,31);1H2/t14-;/m0./s1. The highest BCUT2D eigenvalue weighted by atomic mass is 32.1. The van der Waals surface area contributed by atoms with Crippen molar-refractivity contribution in [3.63, 3.8) is 0 Å². The normalized spacial score (nSPS) is 15.3. The summed E-state index contributed by atoms with van der Waals surface area (Å²) in [6, 6.07) is 2.02. The molecule has 1 aliphatic heterocycles. The van der Waals surface area contributed by atoms with Crippen LogP contribution in [0.15, 0.2) is 30.7 Å². The summed E-state index contributed by atoms with van der Waals surface area (Å²) >= 11 is 0. The van der Waals surface area contributed by atoms with Gasteiger partial charge in [0.1, 0.15) is 17.4 Å². The first kappa shape index (κ1) is 26.3. The molecule has 0 aromatic carbocycles. The third-order valence-electron chi connectivity index (χ3n) is 5.50. The Bertz CT molecular complexity index is 1180. The Balaban J connectivity index is 0.00000342. The van der Waals surface area contributed by atoms with Crippen LogP contribution in [0.3, 0.4) is 0 Å². The molecular weight excluding hydrogens is 481 g/mol. The number of aromatic nitrogens is 5. The number of fused-ring (bicyclic) bond motifs is 1. The Hall–Kier alpha value is -3.35. The van der Waals surface area contributed by atoms with Gasteiger partial charge in [-0.2, -0.15) is 36.7 Å². The van der Waals surface area contributed by atoms with E-state index in [0.717, 1.165) is 18.1 Å². The number of pyridine rings is 1. The van der Waals surface area contributed by atoms with E-state index in [1.54, 1.807) is 17.1 Å². The molecule has 9 nitrogen and oxygen atoms in total. The third kappa shape index (κ3) is 5.84. The molecule has 1 aliphatic rings. The van der Waals surface area contributed by atoms with Crippen LogP contribution in [0, 0.1) is 6.92 Å². The van der Waals surface area contributed by atoms with Crippen LogP contribution in [-0.2, 0) is 24.1 Å². The first-order valence-corrected chi connectivity index (χ1v) is 10.9. The number of carbonyl (C=O) groups is 1. The van der Waals surface area contributed by atoms with E-state index in [1.807, 2.05) is 25.7 Å². The molecule has 13 heteroatoms. The van der Waals surface area contributed by atoms with Crippen molar-refractivity contribution in [2.75, 3.05) is 22.1 Å². The van der Waals surface area contributed by atoms with Gasteiger partial charge in [0.2, 0.25) is 11.9 Å². The Labute approximate surface area is 207 Å². The molecule has 0 saturated heterocycles. The maximum atomic E-state index is 12.7. The molecule has 1 atom stereocenters. The predicted molar refractivity (Wildman–Crippen MR) is 131 cm³/mol. The molecule has 4 rings (SSSR count). The minimum absolute atomic E-state index is 0. The van der Waals surface area contributed by atoms with Gasteiger partial charge in [0, 0.05) is 31.0 Å². The van der Waals surface area contributed by atoms with E-state index in [1.165, 1.54) is 12.3 Å². The zero-order valence-corrected chi connectivity index (χ0v) is 20.5. The highest BCUT2D eigenvalue weighted by Gasteiger charge is 2.33. The highest BCUT2D eigenvalue weighted by molar-refractivity contribution is 7.59. The van der Waals surface area contributed by atoms with Crippen LogP contribution < -0.4 is 15.5 Å². The molecule has 0 bridgehead atoms. The molecular formula is C22H27F3N8OS. The van der Waals surface area contributed by atoms with E-state index in [4.69, 9.17) is 0 Å². The van der Waals surface area contributed by atoms with Crippen molar-refractivity contribution in [3.8, 4) is 0 Å². The summed E-state index contributed by atoms with van der Waals surface area (Å²) in [5, 5.41) is 10.3. The highest BCUT2D eigenvalue weighted by Crippen LogP contribution is 2.33. The first-order valence-electron chi connectivity index (χ1n) is 10.9. The van der Waals surface area contributed by atoms with Crippen molar-refractivity contribution in [2.24, 2.45) is 0 Å². The number of hydrogen-bond acceptors (Lipinski definition) is 7. The smallest absolute Gasteiger partial charge is 0.350 e. The lowest BCUT2D eigenvalue weighted by atomic mass is 10.1. The van der Waals surface area contributed by atoms with Gasteiger partial charge in [-0.25, -0.2) is 4.98 Å². The summed E-state index contributed by atoms with van der Waals surface area (Å²) in [6.07, 6.45) is 1.07. The zero-order chi connectivity index (χ0) is 24.5. The Morgan fingerprint density at radius 2 is 1.94 bits per heavy atom. The van der Waals surface area contributed by atoms with Gasteiger partial charge in [0.05, 0.1) is 18.4 Å². The van der Waals surface area contributed by atoms with Crippen molar-refractivity contribution in [1.29, 1.82) is 0 Å². The van der Waals surface area contributed by atoms with Gasteiger partial charge < -0.3 is 15.5 Å². The van der Waals surface area contributed by atoms with E-state index in [-0.39, 0.29) is 25.4 Å². The topological polar surface area (TPSA) is 101 Å². The molecule has 0 unspecified atom stereocenters. The van der Waals surface area contributed by atoms with Crippen LogP contribution in [0.4, 0.5) is 30.6 Å². The molecule has 0 aliphatic carbocycles. The molecule has 0 fully saturated rings. The summed E-state index contributed by atoms with van der Waals surface area (Å²) in [5.41, 5.74) is 1.83. The second-order valence-electron chi connectivity index (χ2n) is 8.14. The monoisotopic (exact) mass is 508 g/mol. The van der Waals surface area contributed by atoms with Crippen molar-refractivity contribution < 1.29 is 18.0 Å². The fraction of sp³-hybridized carbons (Fsp3) is 0.409. The van der Waals surface area contributed by atoms with Crippen LogP contribution in [0.5, 0.6) is 0 Å². The number of anilines is 3. The van der Waals surface area contributed by atoms with Gasteiger partial charge >= 0.3 is 6.18 Å². The molecule has 2 N–H and O–H groups in total. The zero-order valence-electron chi connectivity index (χ0n) is 19.5. The largest absolute Gasteiger partial charge is 0.433 e. The van der Waals surface area contributed by atoms with Crippen LogP contribution in [0.1, 0.15) is 42.8 Å². The van der Waals surface area contributed by atoms with E-state index >= 15 is 0 Å². The summed E-state index contributed by atoms with van der Waals surface area (Å²) in [7, 11) is 0. The van der Waals surface area contributed by atoms with Gasteiger partial charge in [0.15, 0.2) is 5.82 Å². The average Bonchev–Trinajstić information content (AvgIpc) is 3.23. The van der Waals surface area contributed by atoms with Gasteiger partial charge in [-0.1, -0.05) is 13.0 Å². The van der Waals surface area contributed by atoms with Crippen molar-refractivity contribution in [1.82, 2.24) is 24.7 Å². The minimum Gasteiger partial charge on any atom is -0.350 e. The molecule has 0 saturated carbocycles. The Morgan fingerprint density at radius 1 is 1.17 bits per heavy atom. The number of alkyl halides is 3. The third-order valence-corrected chi connectivity index (χ3v) is 5.50. The fourth-order valence-electron chi connectivity index (χ4n) is 3.72. The summed E-state index contributed by atoms with van der Waals surface area (Å²) in [5.74, 6) is 1.04. The van der Waals surface area contributed by atoms with Crippen molar-refractivity contribution in [3.05, 3.63) is 53.2 Å². The number of nitrogens with one attached hydrogen (secondary N) is 2. The van der Waals surface area contributed by atoms with Crippen LogP contribution in [0.2, 0.25) is 0 Å². The SMILES string of the molecule is CCCN1c2nc(NCc3cnn(Cc4ccc(C(F)(F)F)nc4)c3)nc(C)c2NC(=O)[C@@H]1C.S. The maximum Gasteiger partial charge on any atom is 0.433 e. The summed E-state index contributed by atoms with van der Waals surface area (Å²) in [4.78, 5) is 26.9. The number of rotatable bonds is 7. The number of nitrogens with zero attached hydrogens (tertiary/aromatic N) is 6. The van der Waals surface area contributed by atoms with Crippen molar-refractivity contribution >= 4 is 36.9 Å². The number of carbonyl (C=O) groups excluding carboxylic acids is 1. The van der Waals surface area contributed by atoms with Gasteiger partial charge in [-0.05, 0) is 31.9 Å². The second kappa shape index (κ2) is 10.5. The number of hydrogen-bond donors (Lipinski definition) is 2. The average molecular weight is 509 g/mol. The number of amides is 1. The Kier molecular flexibility index (Phi) is 7.88. The minimum atomic E-state index is -4.46.